The number of fused-ring (bicyclic) bond motifs is 1. The molecule has 1 aliphatic carbocycles. The number of nitrogens with zero attached hydrogens (tertiary/aromatic N) is 6. The van der Waals surface area contributed by atoms with Crippen LogP contribution in [0.2, 0.25) is 10.3 Å². The maximum Gasteiger partial charge on any atom is 0.224 e. The van der Waals surface area contributed by atoms with Crippen LogP contribution in [0.1, 0.15) is 55.8 Å². The summed E-state index contributed by atoms with van der Waals surface area (Å²) in [6.45, 7) is 1.86. The monoisotopic (exact) mass is 494 g/mol. The highest BCUT2D eigenvalue weighted by Crippen LogP contribution is 2.41. The Balaban J connectivity index is 1.29. The zero-order chi connectivity index (χ0) is 23.1. The van der Waals surface area contributed by atoms with Crippen LogP contribution in [0, 0.1) is 5.92 Å². The molecule has 3 aromatic rings. The van der Waals surface area contributed by atoms with Gasteiger partial charge in [-0.15, -0.1) is 0 Å². The molecule has 0 amide bonds. The lowest BCUT2D eigenvalue weighted by atomic mass is 9.88. The normalized spacial score (nSPS) is 24.1. The fourth-order valence-corrected chi connectivity index (χ4v) is 6.30. The Morgan fingerprint density at radius 3 is 2.59 bits per heavy atom. The molecule has 0 bridgehead atoms. The molecule has 0 N–H and O–H groups in total. The molecular formula is C26H28Cl2N6. The van der Waals surface area contributed by atoms with Crippen LogP contribution >= 0.6 is 23.2 Å². The minimum atomic E-state index is -0.680. The third-order valence-electron chi connectivity index (χ3n) is 7.66. The Morgan fingerprint density at radius 2 is 1.85 bits per heavy atom. The van der Waals surface area contributed by atoms with Crippen LogP contribution < -0.4 is 0 Å². The van der Waals surface area contributed by atoms with E-state index in [0.29, 0.717) is 12.0 Å². The fourth-order valence-electron chi connectivity index (χ4n) is 5.93. The molecule has 1 unspecified atom stereocenters. The molecular weight excluding hydrogens is 467 g/mol. The predicted octanol–water partition coefficient (Wildman–Crippen LogP) is 6.00. The minimum Gasteiger partial charge on any atom is -0.312 e. The van der Waals surface area contributed by atoms with Crippen molar-refractivity contribution in [2.75, 3.05) is 13.1 Å². The summed E-state index contributed by atoms with van der Waals surface area (Å²) in [5.41, 5.74) is 3.05. The number of benzene rings is 1. The van der Waals surface area contributed by atoms with E-state index >= 15 is 0 Å². The second-order valence-corrected chi connectivity index (χ2v) is 10.5. The molecule has 1 saturated carbocycles. The van der Waals surface area contributed by atoms with E-state index in [2.05, 4.69) is 32.7 Å². The van der Waals surface area contributed by atoms with E-state index in [1.165, 1.54) is 18.4 Å². The number of aliphatic imine (C=N–C) groups is 1. The van der Waals surface area contributed by atoms with Crippen molar-refractivity contribution in [3.8, 4) is 0 Å². The highest BCUT2D eigenvalue weighted by molar-refractivity contribution is 6.30. The van der Waals surface area contributed by atoms with Crippen molar-refractivity contribution >= 4 is 40.6 Å². The average Bonchev–Trinajstić information content (AvgIpc) is 3.60. The summed E-state index contributed by atoms with van der Waals surface area (Å²) in [4.78, 5) is 21.5. The molecule has 0 spiro atoms. The van der Waals surface area contributed by atoms with Gasteiger partial charge in [0.1, 0.15) is 11.2 Å². The van der Waals surface area contributed by atoms with Gasteiger partial charge in [0.15, 0.2) is 11.3 Å². The Labute approximate surface area is 209 Å². The van der Waals surface area contributed by atoms with Gasteiger partial charge in [-0.3, -0.25) is 9.89 Å². The van der Waals surface area contributed by atoms with Crippen molar-refractivity contribution < 1.29 is 0 Å². The number of piperidine rings is 1. The van der Waals surface area contributed by atoms with Crippen molar-refractivity contribution in [2.45, 2.75) is 56.7 Å². The van der Waals surface area contributed by atoms with Gasteiger partial charge in [-0.05, 0) is 79.5 Å². The predicted molar refractivity (Wildman–Crippen MR) is 137 cm³/mol. The fraction of sp³-hybridized carbons (Fsp3) is 0.462. The molecule has 3 aliphatic rings. The third-order valence-corrected chi connectivity index (χ3v) is 8.06. The van der Waals surface area contributed by atoms with E-state index in [0.717, 1.165) is 67.1 Å². The van der Waals surface area contributed by atoms with Gasteiger partial charge in [0, 0.05) is 30.4 Å². The molecule has 6 nitrogen and oxygen atoms in total. The van der Waals surface area contributed by atoms with Gasteiger partial charge in [-0.25, -0.2) is 9.97 Å². The standard InChI is InChI=1S/C26H28Cl2N6/c27-20-6-3-5-19(16-20)15-18-9-13-33(14-10-18)26(11-4-12-30-26)23-22-24(32-25(28)31-23)34(17-29-22)21-7-1-2-8-21/h3-6,11-12,16-18,21H,1-2,7-10,13-15H2. The van der Waals surface area contributed by atoms with E-state index in [1.807, 2.05) is 30.8 Å². The molecule has 2 aromatic heterocycles. The summed E-state index contributed by atoms with van der Waals surface area (Å²) in [7, 11) is 0. The largest absolute Gasteiger partial charge is 0.312 e. The first-order valence-corrected chi connectivity index (χ1v) is 13.0. The first-order chi connectivity index (χ1) is 16.6. The second kappa shape index (κ2) is 9.06. The molecule has 34 heavy (non-hydrogen) atoms. The first kappa shape index (κ1) is 22.2. The molecule has 2 aliphatic heterocycles. The van der Waals surface area contributed by atoms with Crippen LogP contribution in [0.3, 0.4) is 0 Å². The van der Waals surface area contributed by atoms with Crippen molar-refractivity contribution in [1.29, 1.82) is 0 Å². The number of likely N-dealkylation sites (tertiary alicyclic amines) is 1. The van der Waals surface area contributed by atoms with Gasteiger partial charge in [-0.2, -0.15) is 4.98 Å². The highest BCUT2D eigenvalue weighted by atomic mass is 35.5. The Morgan fingerprint density at radius 1 is 1.03 bits per heavy atom. The smallest absolute Gasteiger partial charge is 0.224 e. The van der Waals surface area contributed by atoms with E-state index in [1.54, 1.807) is 0 Å². The average molecular weight is 495 g/mol. The van der Waals surface area contributed by atoms with Crippen molar-refractivity contribution in [3.63, 3.8) is 0 Å². The topological polar surface area (TPSA) is 59.2 Å². The molecule has 6 rings (SSSR count). The van der Waals surface area contributed by atoms with Gasteiger partial charge in [0.25, 0.3) is 0 Å². The maximum atomic E-state index is 6.50. The van der Waals surface area contributed by atoms with Crippen LogP contribution in [0.4, 0.5) is 0 Å². The molecule has 1 saturated heterocycles. The number of aromatic nitrogens is 4. The number of rotatable bonds is 5. The van der Waals surface area contributed by atoms with Crippen LogP contribution in [-0.4, -0.2) is 43.7 Å². The lowest BCUT2D eigenvalue weighted by Gasteiger charge is -2.41. The van der Waals surface area contributed by atoms with Gasteiger partial charge in [0.2, 0.25) is 5.28 Å². The number of allylic oxidation sites excluding steroid dienone is 1. The van der Waals surface area contributed by atoms with Gasteiger partial charge >= 0.3 is 0 Å². The molecule has 176 valence electrons. The Bertz CT molecular complexity index is 1240. The zero-order valence-electron chi connectivity index (χ0n) is 19.1. The summed E-state index contributed by atoms with van der Waals surface area (Å²) in [5.74, 6) is 0.622. The van der Waals surface area contributed by atoms with E-state index in [-0.39, 0.29) is 5.28 Å². The molecule has 1 aromatic carbocycles. The van der Waals surface area contributed by atoms with Gasteiger partial charge < -0.3 is 4.57 Å². The highest BCUT2D eigenvalue weighted by Gasteiger charge is 2.43. The number of hydrogen-bond acceptors (Lipinski definition) is 5. The third kappa shape index (κ3) is 3.96. The number of imidazole rings is 1. The molecule has 2 fully saturated rings. The summed E-state index contributed by atoms with van der Waals surface area (Å²) >= 11 is 12.7. The lowest BCUT2D eigenvalue weighted by molar-refractivity contribution is 0.0866. The second-order valence-electron chi connectivity index (χ2n) is 9.73. The van der Waals surface area contributed by atoms with E-state index < -0.39 is 5.66 Å². The van der Waals surface area contributed by atoms with E-state index in [4.69, 9.17) is 38.2 Å². The Hall–Kier alpha value is -2.28. The number of halogens is 2. The van der Waals surface area contributed by atoms with E-state index in [9.17, 15) is 0 Å². The van der Waals surface area contributed by atoms with Crippen LogP contribution in [-0.2, 0) is 12.1 Å². The zero-order valence-corrected chi connectivity index (χ0v) is 20.6. The summed E-state index contributed by atoms with van der Waals surface area (Å²) in [6.07, 6.45) is 16.0. The minimum absolute atomic E-state index is 0.257. The molecule has 1 atom stereocenters. The summed E-state index contributed by atoms with van der Waals surface area (Å²) < 4.78 is 2.20. The quantitative estimate of drug-likeness (QED) is 0.408. The van der Waals surface area contributed by atoms with Crippen LogP contribution in [0.5, 0.6) is 0 Å². The number of hydrogen-bond donors (Lipinski definition) is 0. The lowest BCUT2D eigenvalue weighted by Crippen LogP contribution is -2.48. The first-order valence-electron chi connectivity index (χ1n) is 12.3. The summed E-state index contributed by atoms with van der Waals surface area (Å²) in [6, 6.07) is 8.66. The molecule has 0 radical (unpaired) electrons. The van der Waals surface area contributed by atoms with Gasteiger partial charge in [0.05, 0.1) is 6.33 Å². The maximum absolute atomic E-state index is 6.50. The van der Waals surface area contributed by atoms with Crippen molar-refractivity contribution in [1.82, 2.24) is 24.4 Å². The van der Waals surface area contributed by atoms with Gasteiger partial charge in [-0.1, -0.05) is 36.6 Å². The summed E-state index contributed by atoms with van der Waals surface area (Å²) in [5, 5.41) is 1.06. The van der Waals surface area contributed by atoms with Crippen molar-refractivity contribution in [2.24, 2.45) is 10.9 Å². The Kier molecular flexibility index (Phi) is 5.92. The molecule has 8 heteroatoms. The van der Waals surface area contributed by atoms with Crippen molar-refractivity contribution in [3.05, 3.63) is 64.3 Å². The SMILES string of the molecule is Clc1cccc(CC2CCN(C3(c4nc(Cl)nc5c4ncn5C4CCCC4)C=CC=N3)CC2)c1. The van der Waals surface area contributed by atoms with Crippen LogP contribution in [0.25, 0.3) is 11.2 Å². The van der Waals surface area contributed by atoms with Crippen LogP contribution in [0.15, 0.2) is 47.7 Å². The molecule has 4 heterocycles.